The molecule has 2 rings (SSSR count). The van der Waals surface area contributed by atoms with Crippen LogP contribution in [0.25, 0.3) is 0 Å². The van der Waals surface area contributed by atoms with Gasteiger partial charge in [-0.15, -0.1) is 0 Å². The first-order chi connectivity index (χ1) is 9.38. The van der Waals surface area contributed by atoms with Crippen LogP contribution in [-0.2, 0) is 10.9 Å². The van der Waals surface area contributed by atoms with Crippen LogP contribution >= 0.6 is 0 Å². The Morgan fingerprint density at radius 1 is 1.35 bits per heavy atom. The fourth-order valence-electron chi connectivity index (χ4n) is 1.84. The largest absolute Gasteiger partial charge is 0.474 e. The van der Waals surface area contributed by atoms with Gasteiger partial charge in [0.05, 0.1) is 18.8 Å². The molecule has 0 radical (unpaired) electrons. The van der Waals surface area contributed by atoms with Crippen molar-refractivity contribution in [2.45, 2.75) is 25.1 Å². The van der Waals surface area contributed by atoms with E-state index in [1.54, 1.807) is 0 Å². The van der Waals surface area contributed by atoms with E-state index >= 15 is 0 Å². The molecular weight excluding hydrogens is 275 g/mol. The molecule has 0 spiro atoms. The normalized spacial score (nSPS) is 16.9. The first kappa shape index (κ1) is 14.6. The predicted molar refractivity (Wildman–Crippen MR) is 64.7 cm³/mol. The van der Waals surface area contributed by atoms with Gasteiger partial charge < -0.3 is 15.2 Å². The maximum atomic E-state index is 12.7. The highest BCUT2D eigenvalue weighted by molar-refractivity contribution is 5.97. The van der Waals surface area contributed by atoms with Crippen LogP contribution in [0.15, 0.2) is 12.1 Å². The summed E-state index contributed by atoms with van der Waals surface area (Å²) in [4.78, 5) is 3.45. The number of amidine groups is 1. The zero-order valence-corrected chi connectivity index (χ0v) is 10.5. The topological polar surface area (TPSA) is 81.2 Å². The van der Waals surface area contributed by atoms with Crippen LogP contribution < -0.4 is 10.5 Å². The Bertz CT molecular complexity index is 499. The Hall–Kier alpha value is -1.83. The Kier molecular flexibility index (Phi) is 4.12. The Morgan fingerprint density at radius 2 is 2.00 bits per heavy atom. The third kappa shape index (κ3) is 3.38. The average Bonchev–Trinajstić information content (AvgIpc) is 2.38. The summed E-state index contributed by atoms with van der Waals surface area (Å²) < 4.78 is 48.6. The summed E-state index contributed by atoms with van der Waals surface area (Å²) in [5.41, 5.74) is 4.33. The Labute approximate surface area is 113 Å². The lowest BCUT2D eigenvalue weighted by molar-refractivity contribution is -0.141. The summed E-state index contributed by atoms with van der Waals surface area (Å²) in [5.74, 6) is -0.632. The van der Waals surface area contributed by atoms with Crippen molar-refractivity contribution in [1.82, 2.24) is 4.98 Å². The minimum Gasteiger partial charge on any atom is -0.474 e. The van der Waals surface area contributed by atoms with Gasteiger partial charge in [0.2, 0.25) is 5.88 Å². The zero-order valence-electron chi connectivity index (χ0n) is 10.5. The van der Waals surface area contributed by atoms with Gasteiger partial charge in [0.1, 0.15) is 17.6 Å². The molecule has 3 N–H and O–H groups in total. The number of nitrogens with zero attached hydrogens (tertiary/aromatic N) is 1. The van der Waals surface area contributed by atoms with E-state index in [0.717, 1.165) is 12.1 Å². The zero-order chi connectivity index (χ0) is 14.8. The van der Waals surface area contributed by atoms with Crippen LogP contribution in [0.5, 0.6) is 5.88 Å². The molecule has 1 aromatic rings. The molecule has 0 unspecified atom stereocenters. The van der Waals surface area contributed by atoms with E-state index in [0.29, 0.717) is 26.1 Å². The highest BCUT2D eigenvalue weighted by atomic mass is 19.4. The van der Waals surface area contributed by atoms with E-state index in [4.69, 9.17) is 20.6 Å². The third-order valence-electron chi connectivity index (χ3n) is 2.89. The molecule has 5 nitrogen and oxygen atoms in total. The molecule has 0 aliphatic carbocycles. The van der Waals surface area contributed by atoms with Crippen molar-refractivity contribution in [1.29, 1.82) is 5.41 Å². The predicted octanol–water partition coefficient (Wildman–Crippen LogP) is 1.94. The molecule has 110 valence electrons. The molecule has 8 heteroatoms. The fourth-order valence-corrected chi connectivity index (χ4v) is 1.84. The number of nitrogens with two attached hydrogens (primary N) is 1. The molecular formula is C12H14F3N3O2. The minimum atomic E-state index is -4.57. The molecule has 0 bridgehead atoms. The smallest absolute Gasteiger partial charge is 0.433 e. The number of aromatic nitrogens is 1. The van der Waals surface area contributed by atoms with Crippen LogP contribution in [0.1, 0.15) is 24.1 Å². The molecule has 1 aliphatic heterocycles. The summed E-state index contributed by atoms with van der Waals surface area (Å²) >= 11 is 0. The van der Waals surface area contributed by atoms with Crippen LogP contribution in [-0.4, -0.2) is 30.1 Å². The molecule has 1 fully saturated rings. The third-order valence-corrected chi connectivity index (χ3v) is 2.89. The van der Waals surface area contributed by atoms with Gasteiger partial charge in [-0.25, -0.2) is 4.98 Å². The lowest BCUT2D eigenvalue weighted by atomic mass is 10.1. The second kappa shape index (κ2) is 5.66. The van der Waals surface area contributed by atoms with E-state index < -0.39 is 11.9 Å². The summed E-state index contributed by atoms with van der Waals surface area (Å²) in [6.45, 7) is 0.970. The number of pyridine rings is 1. The van der Waals surface area contributed by atoms with Gasteiger partial charge in [0.15, 0.2) is 0 Å². The van der Waals surface area contributed by atoms with Crippen molar-refractivity contribution in [3.63, 3.8) is 0 Å². The second-order valence-electron chi connectivity index (χ2n) is 4.39. The number of hydrogen-bond donors (Lipinski definition) is 2. The molecule has 1 aromatic heterocycles. The highest BCUT2D eigenvalue weighted by Crippen LogP contribution is 2.30. The first-order valence-corrected chi connectivity index (χ1v) is 6.05. The van der Waals surface area contributed by atoms with Gasteiger partial charge in [-0.2, -0.15) is 13.2 Å². The Balaban J connectivity index is 2.29. The molecule has 20 heavy (non-hydrogen) atoms. The van der Waals surface area contributed by atoms with Crippen molar-refractivity contribution >= 4 is 5.84 Å². The fraction of sp³-hybridized carbons (Fsp3) is 0.500. The summed E-state index contributed by atoms with van der Waals surface area (Å²) in [5, 5.41) is 7.37. The SMILES string of the molecule is N=C(N)c1ccc(C(F)(F)F)nc1OC1CCOCC1. The monoisotopic (exact) mass is 289 g/mol. The van der Waals surface area contributed by atoms with Crippen molar-refractivity contribution in [3.8, 4) is 5.88 Å². The van der Waals surface area contributed by atoms with Gasteiger partial charge in [0.25, 0.3) is 0 Å². The summed E-state index contributed by atoms with van der Waals surface area (Å²) in [6.07, 6.45) is -3.72. The summed E-state index contributed by atoms with van der Waals surface area (Å²) in [6, 6.07) is 1.89. The number of nitrogen functional groups attached to an aromatic ring is 1. The average molecular weight is 289 g/mol. The van der Waals surface area contributed by atoms with Gasteiger partial charge in [0, 0.05) is 12.8 Å². The molecule has 1 saturated heterocycles. The molecule has 0 saturated carbocycles. The molecule has 1 aliphatic rings. The van der Waals surface area contributed by atoms with E-state index in [2.05, 4.69) is 4.98 Å². The van der Waals surface area contributed by atoms with Gasteiger partial charge in [-0.05, 0) is 12.1 Å². The van der Waals surface area contributed by atoms with Crippen molar-refractivity contribution in [2.24, 2.45) is 5.73 Å². The van der Waals surface area contributed by atoms with E-state index in [9.17, 15) is 13.2 Å². The number of hydrogen-bond acceptors (Lipinski definition) is 4. The van der Waals surface area contributed by atoms with Crippen molar-refractivity contribution in [3.05, 3.63) is 23.4 Å². The first-order valence-electron chi connectivity index (χ1n) is 6.05. The highest BCUT2D eigenvalue weighted by Gasteiger charge is 2.34. The van der Waals surface area contributed by atoms with E-state index in [1.807, 2.05) is 0 Å². The number of ether oxygens (including phenoxy) is 2. The lowest BCUT2D eigenvalue weighted by Crippen LogP contribution is -2.28. The van der Waals surface area contributed by atoms with Gasteiger partial charge in [-0.3, -0.25) is 5.41 Å². The lowest BCUT2D eigenvalue weighted by Gasteiger charge is -2.24. The van der Waals surface area contributed by atoms with Crippen LogP contribution in [0.4, 0.5) is 13.2 Å². The van der Waals surface area contributed by atoms with E-state index in [1.165, 1.54) is 0 Å². The number of rotatable bonds is 3. The summed E-state index contributed by atoms with van der Waals surface area (Å²) in [7, 11) is 0. The van der Waals surface area contributed by atoms with Crippen molar-refractivity contribution in [2.75, 3.05) is 13.2 Å². The molecule has 0 amide bonds. The minimum absolute atomic E-state index is 0.0597. The quantitative estimate of drug-likeness (QED) is 0.658. The van der Waals surface area contributed by atoms with Crippen LogP contribution in [0.2, 0.25) is 0 Å². The van der Waals surface area contributed by atoms with Crippen LogP contribution in [0.3, 0.4) is 0 Å². The standard InChI is InChI=1S/C12H14F3N3O2/c13-12(14,15)9-2-1-8(10(16)17)11(18-9)20-7-3-5-19-6-4-7/h1-2,7H,3-6H2,(H3,16,17). The van der Waals surface area contributed by atoms with Gasteiger partial charge >= 0.3 is 6.18 Å². The van der Waals surface area contributed by atoms with E-state index in [-0.39, 0.29) is 23.4 Å². The molecule has 0 aromatic carbocycles. The van der Waals surface area contributed by atoms with Crippen molar-refractivity contribution < 1.29 is 22.6 Å². The number of halogens is 3. The van der Waals surface area contributed by atoms with Gasteiger partial charge in [-0.1, -0.05) is 0 Å². The maximum Gasteiger partial charge on any atom is 0.433 e. The second-order valence-corrected chi connectivity index (χ2v) is 4.39. The number of alkyl halides is 3. The number of nitrogens with one attached hydrogen (secondary N) is 1. The molecule has 0 atom stereocenters. The maximum absolute atomic E-state index is 12.7. The van der Waals surface area contributed by atoms with Crippen LogP contribution in [0, 0.1) is 5.41 Å². The molecule has 2 heterocycles. The Morgan fingerprint density at radius 3 is 2.55 bits per heavy atom.